The Bertz CT molecular complexity index is 616. The van der Waals surface area contributed by atoms with Crippen LogP contribution in [-0.2, 0) is 16.1 Å². The van der Waals surface area contributed by atoms with E-state index >= 15 is 0 Å². The Kier molecular flexibility index (Phi) is 7.90. The van der Waals surface area contributed by atoms with Crippen LogP contribution in [0, 0.1) is 23.6 Å². The number of ether oxygens (including phenoxy) is 1. The molecule has 0 unspecified atom stereocenters. The first kappa shape index (κ1) is 19.4. The monoisotopic (exact) mass is 346 g/mol. The molecule has 1 heterocycles. The average molecular weight is 346 g/mol. The van der Waals surface area contributed by atoms with Gasteiger partial charge in [-0.1, -0.05) is 24.1 Å². The molecule has 0 spiro atoms. The lowest BCUT2D eigenvalue weighted by Crippen LogP contribution is -2.41. The summed E-state index contributed by atoms with van der Waals surface area (Å²) in [4.78, 5) is 16.2. The van der Waals surface area contributed by atoms with Gasteiger partial charge in [-0.25, -0.2) is 4.39 Å². The molecule has 1 aliphatic heterocycles. The van der Waals surface area contributed by atoms with Crippen LogP contribution in [0.5, 0.6) is 0 Å². The first-order chi connectivity index (χ1) is 12.1. The Balaban J connectivity index is 1.84. The van der Waals surface area contributed by atoms with E-state index in [0.29, 0.717) is 32.2 Å². The molecule has 2 rings (SSSR count). The Morgan fingerprint density at radius 1 is 1.36 bits per heavy atom. The minimum Gasteiger partial charge on any atom is -0.383 e. The van der Waals surface area contributed by atoms with Gasteiger partial charge >= 0.3 is 0 Å². The molecule has 136 valence electrons. The third kappa shape index (κ3) is 6.15. The zero-order valence-corrected chi connectivity index (χ0v) is 15.1. The van der Waals surface area contributed by atoms with E-state index in [2.05, 4.69) is 16.7 Å². The molecule has 1 fully saturated rings. The van der Waals surface area contributed by atoms with E-state index in [0.717, 1.165) is 31.5 Å². The van der Waals surface area contributed by atoms with Crippen LogP contribution in [0.25, 0.3) is 0 Å². The quantitative estimate of drug-likeness (QED) is 0.712. The van der Waals surface area contributed by atoms with Crippen LogP contribution in [0.2, 0.25) is 0 Å². The van der Waals surface area contributed by atoms with Crippen molar-refractivity contribution in [3.05, 3.63) is 35.6 Å². The minimum absolute atomic E-state index is 0.131. The van der Waals surface area contributed by atoms with Crippen molar-refractivity contribution in [1.82, 2.24) is 9.80 Å². The molecule has 1 aliphatic rings. The molecule has 0 saturated carbocycles. The number of carbonyl (C=O) groups is 1. The van der Waals surface area contributed by atoms with Crippen molar-refractivity contribution in [2.75, 3.05) is 39.9 Å². The molecule has 0 atom stereocenters. The number of amides is 1. The SMILES string of the molecule is CC#CC(=O)N(CCOC)CC1CCN(Cc2ccccc2F)CC1. The Morgan fingerprint density at radius 2 is 2.08 bits per heavy atom. The molecule has 1 amide bonds. The van der Waals surface area contributed by atoms with Gasteiger partial charge in [-0.3, -0.25) is 9.69 Å². The zero-order chi connectivity index (χ0) is 18.1. The van der Waals surface area contributed by atoms with Gasteiger partial charge in [-0.2, -0.15) is 0 Å². The van der Waals surface area contributed by atoms with Crippen LogP contribution in [0.15, 0.2) is 24.3 Å². The first-order valence-corrected chi connectivity index (χ1v) is 8.80. The first-order valence-electron chi connectivity index (χ1n) is 8.80. The Labute approximate surface area is 149 Å². The zero-order valence-electron chi connectivity index (χ0n) is 15.1. The van der Waals surface area contributed by atoms with Gasteiger partial charge in [-0.15, -0.1) is 0 Å². The molecule has 1 aromatic carbocycles. The number of likely N-dealkylation sites (tertiary alicyclic amines) is 1. The smallest absolute Gasteiger partial charge is 0.298 e. The maximum Gasteiger partial charge on any atom is 0.298 e. The highest BCUT2D eigenvalue weighted by Gasteiger charge is 2.23. The van der Waals surface area contributed by atoms with E-state index in [1.807, 2.05) is 12.1 Å². The summed E-state index contributed by atoms with van der Waals surface area (Å²) in [5, 5.41) is 0. The summed E-state index contributed by atoms with van der Waals surface area (Å²) in [6.07, 6.45) is 2.01. The maximum atomic E-state index is 13.8. The molecule has 0 aliphatic carbocycles. The van der Waals surface area contributed by atoms with Crippen molar-refractivity contribution in [2.24, 2.45) is 5.92 Å². The highest BCUT2D eigenvalue weighted by atomic mass is 19.1. The molecule has 0 bridgehead atoms. The van der Waals surface area contributed by atoms with E-state index in [-0.39, 0.29) is 11.7 Å². The van der Waals surface area contributed by atoms with Crippen LogP contribution in [0.1, 0.15) is 25.3 Å². The molecule has 1 saturated heterocycles. The summed E-state index contributed by atoms with van der Waals surface area (Å²) in [5.41, 5.74) is 0.746. The number of nitrogens with zero attached hydrogens (tertiary/aromatic N) is 2. The van der Waals surface area contributed by atoms with Crippen molar-refractivity contribution in [2.45, 2.75) is 26.3 Å². The van der Waals surface area contributed by atoms with Crippen molar-refractivity contribution in [3.8, 4) is 11.8 Å². The summed E-state index contributed by atoms with van der Waals surface area (Å²) in [6, 6.07) is 6.95. The molecular formula is C20H27FN2O2. The number of hydrogen-bond acceptors (Lipinski definition) is 3. The van der Waals surface area contributed by atoms with E-state index < -0.39 is 0 Å². The molecular weight excluding hydrogens is 319 g/mol. The second-order valence-corrected chi connectivity index (χ2v) is 6.43. The normalized spacial score (nSPS) is 15.5. The van der Waals surface area contributed by atoms with Gasteiger partial charge < -0.3 is 9.64 Å². The predicted molar refractivity (Wildman–Crippen MR) is 96.3 cm³/mol. The van der Waals surface area contributed by atoms with Crippen LogP contribution in [0.3, 0.4) is 0 Å². The highest BCUT2D eigenvalue weighted by Crippen LogP contribution is 2.21. The number of methoxy groups -OCH3 is 1. The standard InChI is InChI=1S/C20H27FN2O2/c1-3-6-20(24)23(13-14-25-2)15-17-9-11-22(12-10-17)16-18-7-4-5-8-19(18)21/h4-5,7-8,17H,9-16H2,1-2H3. The fraction of sp³-hybridized carbons (Fsp3) is 0.550. The number of benzene rings is 1. The van der Waals surface area contributed by atoms with E-state index in [1.165, 1.54) is 6.07 Å². The fourth-order valence-electron chi connectivity index (χ4n) is 3.17. The molecule has 1 aromatic rings. The van der Waals surface area contributed by atoms with Gasteiger partial charge in [0, 0.05) is 32.3 Å². The largest absolute Gasteiger partial charge is 0.383 e. The second-order valence-electron chi connectivity index (χ2n) is 6.43. The molecule has 0 N–H and O–H groups in total. The third-order valence-electron chi connectivity index (χ3n) is 4.62. The van der Waals surface area contributed by atoms with Crippen LogP contribution in [0.4, 0.5) is 4.39 Å². The lowest BCUT2D eigenvalue weighted by molar-refractivity contribution is -0.126. The summed E-state index contributed by atoms with van der Waals surface area (Å²) in [6.45, 7) is 5.96. The number of hydrogen-bond donors (Lipinski definition) is 0. The predicted octanol–water partition coefficient (Wildman–Crippen LogP) is 2.54. The summed E-state index contributed by atoms with van der Waals surface area (Å²) in [5.74, 6) is 5.48. The molecule has 4 nitrogen and oxygen atoms in total. The number of carbonyl (C=O) groups excluding carboxylic acids is 1. The minimum atomic E-state index is -0.140. The summed E-state index contributed by atoms with van der Waals surface area (Å²) < 4.78 is 18.9. The highest BCUT2D eigenvalue weighted by molar-refractivity contribution is 5.93. The van der Waals surface area contributed by atoms with E-state index in [1.54, 1.807) is 25.0 Å². The van der Waals surface area contributed by atoms with Gasteiger partial charge in [-0.05, 0) is 50.8 Å². The molecule has 0 radical (unpaired) electrons. The van der Waals surface area contributed by atoms with E-state index in [4.69, 9.17) is 4.74 Å². The van der Waals surface area contributed by atoms with Crippen molar-refractivity contribution in [3.63, 3.8) is 0 Å². The van der Waals surface area contributed by atoms with Crippen molar-refractivity contribution in [1.29, 1.82) is 0 Å². The lowest BCUT2D eigenvalue weighted by Gasteiger charge is -2.34. The molecule has 25 heavy (non-hydrogen) atoms. The maximum absolute atomic E-state index is 13.8. The van der Waals surface area contributed by atoms with E-state index in [9.17, 15) is 9.18 Å². The van der Waals surface area contributed by atoms with Crippen molar-refractivity contribution < 1.29 is 13.9 Å². The van der Waals surface area contributed by atoms with Crippen molar-refractivity contribution >= 4 is 5.91 Å². The Hall–Kier alpha value is -1.90. The van der Waals surface area contributed by atoms with Gasteiger partial charge in [0.2, 0.25) is 0 Å². The number of rotatable bonds is 7. The van der Waals surface area contributed by atoms with Crippen LogP contribution in [-0.4, -0.2) is 55.6 Å². The lowest BCUT2D eigenvalue weighted by atomic mass is 9.95. The van der Waals surface area contributed by atoms with Gasteiger partial charge in [0.25, 0.3) is 5.91 Å². The Morgan fingerprint density at radius 3 is 2.72 bits per heavy atom. The average Bonchev–Trinajstić information content (AvgIpc) is 2.62. The van der Waals surface area contributed by atoms with Crippen LogP contribution >= 0.6 is 0 Å². The summed E-state index contributed by atoms with van der Waals surface area (Å²) >= 11 is 0. The topological polar surface area (TPSA) is 32.8 Å². The summed E-state index contributed by atoms with van der Waals surface area (Å²) in [7, 11) is 1.63. The number of halogens is 1. The third-order valence-corrected chi connectivity index (χ3v) is 4.62. The van der Waals surface area contributed by atoms with Crippen LogP contribution < -0.4 is 0 Å². The van der Waals surface area contributed by atoms with Gasteiger partial charge in [0.15, 0.2) is 0 Å². The fourth-order valence-corrected chi connectivity index (χ4v) is 3.17. The second kappa shape index (κ2) is 10.2. The molecule has 5 heteroatoms. The number of piperidine rings is 1. The molecule has 0 aromatic heterocycles. The van der Waals surface area contributed by atoms with Gasteiger partial charge in [0.1, 0.15) is 5.82 Å². The van der Waals surface area contributed by atoms with Gasteiger partial charge in [0.05, 0.1) is 6.61 Å².